The molecule has 1 aromatic carbocycles. The monoisotopic (exact) mass is 361 g/mol. The van der Waals surface area contributed by atoms with Gasteiger partial charge in [-0.3, -0.25) is 9.59 Å². The van der Waals surface area contributed by atoms with E-state index in [0.29, 0.717) is 23.7 Å². The fourth-order valence-corrected chi connectivity index (χ4v) is 3.66. The highest BCUT2D eigenvalue weighted by Crippen LogP contribution is 2.36. The van der Waals surface area contributed by atoms with E-state index in [9.17, 15) is 9.59 Å². The number of anilines is 1. The maximum absolute atomic E-state index is 12.8. The van der Waals surface area contributed by atoms with Crippen molar-refractivity contribution in [3.63, 3.8) is 0 Å². The quantitative estimate of drug-likeness (QED) is 0.789. The number of likely N-dealkylation sites (N-methyl/N-ethyl adjacent to an activating group) is 1. The summed E-state index contributed by atoms with van der Waals surface area (Å²) in [5, 5.41) is 0. The van der Waals surface area contributed by atoms with E-state index in [2.05, 4.69) is 11.8 Å². The molecule has 0 aromatic heterocycles. The summed E-state index contributed by atoms with van der Waals surface area (Å²) in [7, 11) is 3.15. The largest absolute Gasteiger partial charge is 0.497 e. The van der Waals surface area contributed by atoms with E-state index in [-0.39, 0.29) is 24.2 Å². The first-order valence-corrected chi connectivity index (χ1v) is 9.11. The van der Waals surface area contributed by atoms with Crippen LogP contribution in [-0.4, -0.2) is 75.1 Å². The normalized spacial score (nSPS) is 21.2. The van der Waals surface area contributed by atoms with Crippen LogP contribution in [0, 0.1) is 5.92 Å². The van der Waals surface area contributed by atoms with Crippen molar-refractivity contribution in [1.29, 1.82) is 0 Å². The molecule has 7 heteroatoms. The van der Waals surface area contributed by atoms with Crippen LogP contribution in [-0.2, 0) is 9.59 Å². The molecule has 1 unspecified atom stereocenters. The van der Waals surface area contributed by atoms with Gasteiger partial charge in [0.15, 0.2) is 0 Å². The van der Waals surface area contributed by atoms with Crippen molar-refractivity contribution >= 4 is 17.5 Å². The second kappa shape index (κ2) is 7.95. The number of carbonyl (C=O) groups is 2. The molecular formula is C19H27N3O4. The van der Waals surface area contributed by atoms with Gasteiger partial charge in [-0.1, -0.05) is 6.92 Å². The van der Waals surface area contributed by atoms with Gasteiger partial charge in [0.2, 0.25) is 11.8 Å². The smallest absolute Gasteiger partial charge is 0.228 e. The molecule has 0 bridgehead atoms. The summed E-state index contributed by atoms with van der Waals surface area (Å²) in [5.41, 5.74) is 0.685. The first-order valence-electron chi connectivity index (χ1n) is 9.11. The Labute approximate surface area is 154 Å². The van der Waals surface area contributed by atoms with Crippen molar-refractivity contribution in [1.82, 2.24) is 9.80 Å². The molecule has 0 N–H and O–H groups in total. The van der Waals surface area contributed by atoms with E-state index in [1.165, 1.54) is 0 Å². The third kappa shape index (κ3) is 3.62. The number of amides is 2. The van der Waals surface area contributed by atoms with Gasteiger partial charge in [0.1, 0.15) is 11.5 Å². The van der Waals surface area contributed by atoms with E-state index in [1.807, 2.05) is 11.0 Å². The lowest BCUT2D eigenvalue weighted by molar-refractivity contribution is -0.137. The molecule has 2 aliphatic heterocycles. The molecular weight excluding hydrogens is 334 g/mol. The van der Waals surface area contributed by atoms with E-state index < -0.39 is 0 Å². The first kappa shape index (κ1) is 18.5. The number of hydrogen-bond acceptors (Lipinski definition) is 5. The highest BCUT2D eigenvalue weighted by atomic mass is 16.5. The third-order valence-corrected chi connectivity index (χ3v) is 5.28. The number of methoxy groups -OCH3 is 2. The molecule has 3 rings (SSSR count). The Morgan fingerprint density at radius 1 is 1.15 bits per heavy atom. The SMILES string of the molecule is CCN1CCN(C(=O)C2CC(=O)N(c3ccc(OC)cc3OC)C2)CC1. The lowest BCUT2D eigenvalue weighted by Gasteiger charge is -2.35. The van der Waals surface area contributed by atoms with Crippen molar-refractivity contribution in [3.05, 3.63) is 18.2 Å². The molecule has 142 valence electrons. The zero-order valence-electron chi connectivity index (χ0n) is 15.7. The van der Waals surface area contributed by atoms with E-state index in [1.54, 1.807) is 31.3 Å². The van der Waals surface area contributed by atoms with Gasteiger partial charge in [-0.05, 0) is 18.7 Å². The van der Waals surface area contributed by atoms with Gasteiger partial charge in [-0.25, -0.2) is 0 Å². The number of rotatable bonds is 5. The summed E-state index contributed by atoms with van der Waals surface area (Å²) >= 11 is 0. The lowest BCUT2D eigenvalue weighted by atomic mass is 10.1. The van der Waals surface area contributed by atoms with Crippen LogP contribution in [0.2, 0.25) is 0 Å². The molecule has 1 atom stereocenters. The zero-order valence-corrected chi connectivity index (χ0v) is 15.7. The minimum Gasteiger partial charge on any atom is -0.497 e. The molecule has 2 aliphatic rings. The Bertz CT molecular complexity index is 671. The summed E-state index contributed by atoms with van der Waals surface area (Å²) in [4.78, 5) is 31.3. The topological polar surface area (TPSA) is 62.3 Å². The summed E-state index contributed by atoms with van der Waals surface area (Å²) in [6, 6.07) is 5.36. The Kier molecular flexibility index (Phi) is 5.66. The van der Waals surface area contributed by atoms with Crippen LogP contribution in [0.25, 0.3) is 0 Å². The first-order chi connectivity index (χ1) is 12.6. The molecule has 2 saturated heterocycles. The van der Waals surface area contributed by atoms with Crippen molar-refractivity contribution < 1.29 is 19.1 Å². The van der Waals surface area contributed by atoms with Gasteiger partial charge in [0.05, 0.1) is 25.8 Å². The summed E-state index contributed by atoms with van der Waals surface area (Å²) < 4.78 is 10.6. The maximum Gasteiger partial charge on any atom is 0.228 e. The highest BCUT2D eigenvalue weighted by molar-refractivity contribution is 6.01. The summed E-state index contributed by atoms with van der Waals surface area (Å²) in [5.74, 6) is 0.992. The van der Waals surface area contributed by atoms with Gasteiger partial charge in [-0.2, -0.15) is 0 Å². The number of carbonyl (C=O) groups excluding carboxylic acids is 2. The molecule has 2 fully saturated rings. The summed E-state index contributed by atoms with van der Waals surface area (Å²) in [6.45, 7) is 6.82. The Morgan fingerprint density at radius 3 is 2.50 bits per heavy atom. The van der Waals surface area contributed by atoms with Crippen molar-refractivity contribution in [2.24, 2.45) is 5.92 Å². The molecule has 7 nitrogen and oxygen atoms in total. The minimum absolute atomic E-state index is 0.0426. The number of ether oxygens (including phenoxy) is 2. The second-order valence-electron chi connectivity index (χ2n) is 6.70. The fraction of sp³-hybridized carbons (Fsp3) is 0.579. The molecule has 0 spiro atoms. The van der Waals surface area contributed by atoms with Crippen LogP contribution >= 0.6 is 0 Å². The average molecular weight is 361 g/mol. The number of hydrogen-bond donors (Lipinski definition) is 0. The molecule has 1 aromatic rings. The molecule has 2 heterocycles. The number of piperazine rings is 1. The van der Waals surface area contributed by atoms with Crippen LogP contribution in [0.15, 0.2) is 18.2 Å². The van der Waals surface area contributed by atoms with Gasteiger partial charge in [-0.15, -0.1) is 0 Å². The van der Waals surface area contributed by atoms with Crippen molar-refractivity contribution in [3.8, 4) is 11.5 Å². The highest BCUT2D eigenvalue weighted by Gasteiger charge is 2.38. The van der Waals surface area contributed by atoms with Gasteiger partial charge in [0.25, 0.3) is 0 Å². The third-order valence-electron chi connectivity index (χ3n) is 5.28. The zero-order chi connectivity index (χ0) is 18.7. The molecule has 0 radical (unpaired) electrons. The molecule has 0 aliphatic carbocycles. The van der Waals surface area contributed by atoms with Crippen LogP contribution in [0.5, 0.6) is 11.5 Å². The summed E-state index contributed by atoms with van der Waals surface area (Å²) in [6.07, 6.45) is 0.252. The molecule has 0 saturated carbocycles. The van der Waals surface area contributed by atoms with Crippen LogP contribution in [0.4, 0.5) is 5.69 Å². The van der Waals surface area contributed by atoms with Gasteiger partial charge < -0.3 is 24.2 Å². The second-order valence-corrected chi connectivity index (χ2v) is 6.70. The fourth-order valence-electron chi connectivity index (χ4n) is 3.66. The van der Waals surface area contributed by atoms with E-state index in [4.69, 9.17) is 9.47 Å². The number of nitrogens with zero attached hydrogens (tertiary/aromatic N) is 3. The Balaban J connectivity index is 1.70. The maximum atomic E-state index is 12.8. The lowest BCUT2D eigenvalue weighted by Crippen LogP contribution is -2.50. The molecule has 26 heavy (non-hydrogen) atoms. The van der Waals surface area contributed by atoms with Crippen molar-refractivity contribution in [2.45, 2.75) is 13.3 Å². The van der Waals surface area contributed by atoms with Crippen LogP contribution < -0.4 is 14.4 Å². The predicted molar refractivity (Wildman–Crippen MR) is 98.7 cm³/mol. The van der Waals surface area contributed by atoms with Crippen LogP contribution in [0.3, 0.4) is 0 Å². The van der Waals surface area contributed by atoms with Crippen LogP contribution in [0.1, 0.15) is 13.3 Å². The predicted octanol–water partition coefficient (Wildman–Crippen LogP) is 1.22. The van der Waals surface area contributed by atoms with Crippen molar-refractivity contribution in [2.75, 3.05) is 58.4 Å². The minimum atomic E-state index is -0.289. The van der Waals surface area contributed by atoms with E-state index in [0.717, 1.165) is 32.7 Å². The van der Waals surface area contributed by atoms with E-state index >= 15 is 0 Å². The average Bonchev–Trinajstić information content (AvgIpc) is 3.08. The number of benzene rings is 1. The standard InChI is InChI=1S/C19H27N3O4/c1-4-20-7-9-21(10-8-20)19(24)14-11-18(23)22(13-14)16-6-5-15(25-2)12-17(16)26-3/h5-6,12,14H,4,7-11,13H2,1-3H3. The Morgan fingerprint density at radius 2 is 1.88 bits per heavy atom. The van der Waals surface area contributed by atoms with Gasteiger partial charge >= 0.3 is 0 Å². The Hall–Kier alpha value is -2.28. The molecule has 2 amide bonds. The van der Waals surface area contributed by atoms with Gasteiger partial charge in [0, 0.05) is 45.2 Å².